The van der Waals surface area contributed by atoms with Gasteiger partial charge in [-0.05, 0) is 29.8 Å². The maximum Gasteiger partial charge on any atom is 0.257 e. The highest BCUT2D eigenvalue weighted by molar-refractivity contribution is 6.03. The van der Waals surface area contributed by atoms with Crippen molar-refractivity contribution in [3.63, 3.8) is 0 Å². The Morgan fingerprint density at radius 3 is 2.65 bits per heavy atom. The molecule has 0 unspecified atom stereocenters. The second-order valence-corrected chi connectivity index (χ2v) is 9.01. The monoisotopic (exact) mass is 467 g/mol. The number of carbonyl (C=O) groups excluding carboxylic acids is 1. The molecular weight excluding hydrogens is 441 g/mol. The first-order valence-corrected chi connectivity index (χ1v) is 11.6. The van der Waals surface area contributed by atoms with E-state index in [0.717, 1.165) is 31.5 Å². The molecule has 4 aliphatic heterocycles. The molecular formula is C25H26FN3O5. The third kappa shape index (κ3) is 4.04. The topological polar surface area (TPSA) is 72.8 Å². The van der Waals surface area contributed by atoms with Crippen LogP contribution < -0.4 is 9.47 Å². The van der Waals surface area contributed by atoms with Crippen molar-refractivity contribution in [1.29, 1.82) is 0 Å². The second kappa shape index (κ2) is 8.65. The van der Waals surface area contributed by atoms with Gasteiger partial charge in [0.2, 0.25) is 6.79 Å². The van der Waals surface area contributed by atoms with Crippen molar-refractivity contribution in [2.24, 2.45) is 5.10 Å². The molecule has 1 amide bonds. The quantitative estimate of drug-likeness (QED) is 0.688. The number of carbonyl (C=O) groups is 1. The van der Waals surface area contributed by atoms with Gasteiger partial charge in [-0.15, -0.1) is 0 Å². The number of hydrazone groups is 1. The maximum atomic E-state index is 13.9. The molecule has 0 aliphatic carbocycles. The third-order valence-electron chi connectivity index (χ3n) is 6.90. The summed E-state index contributed by atoms with van der Waals surface area (Å²) in [5.74, 6) is 0.429. The first-order chi connectivity index (χ1) is 16.6. The van der Waals surface area contributed by atoms with Crippen LogP contribution in [-0.2, 0) is 14.3 Å². The van der Waals surface area contributed by atoms with Crippen LogP contribution in [0.4, 0.5) is 4.39 Å². The van der Waals surface area contributed by atoms with Gasteiger partial charge < -0.3 is 18.9 Å². The zero-order valence-electron chi connectivity index (χ0n) is 18.7. The van der Waals surface area contributed by atoms with Crippen molar-refractivity contribution in [3.05, 3.63) is 59.4 Å². The van der Waals surface area contributed by atoms with Crippen LogP contribution >= 0.6 is 0 Å². The number of fused-ring (bicyclic) bond motifs is 1. The van der Waals surface area contributed by atoms with E-state index in [1.54, 1.807) is 11.1 Å². The van der Waals surface area contributed by atoms with Gasteiger partial charge in [-0.2, -0.15) is 5.10 Å². The number of likely N-dealkylation sites (tertiary alicyclic amines) is 1. The smallest absolute Gasteiger partial charge is 0.257 e. The minimum atomic E-state index is -0.481. The molecule has 0 aromatic heterocycles. The molecule has 0 radical (unpaired) electrons. The molecule has 2 aromatic rings. The molecule has 6 rings (SSSR count). The molecule has 2 aromatic carbocycles. The summed E-state index contributed by atoms with van der Waals surface area (Å²) in [5.41, 5.74) is 2.26. The van der Waals surface area contributed by atoms with Crippen LogP contribution in [0.1, 0.15) is 36.4 Å². The molecule has 0 saturated carbocycles. The van der Waals surface area contributed by atoms with E-state index in [2.05, 4.69) is 10.0 Å². The summed E-state index contributed by atoms with van der Waals surface area (Å²) in [6, 6.07) is 11.7. The Morgan fingerprint density at radius 1 is 1.06 bits per heavy atom. The van der Waals surface area contributed by atoms with Crippen LogP contribution in [-0.4, -0.2) is 67.0 Å². The Hall–Kier alpha value is -3.01. The predicted octanol–water partition coefficient (Wildman–Crippen LogP) is 3.07. The van der Waals surface area contributed by atoms with E-state index in [4.69, 9.17) is 18.9 Å². The van der Waals surface area contributed by atoms with Gasteiger partial charge in [0.15, 0.2) is 17.3 Å². The fourth-order valence-electron chi connectivity index (χ4n) is 5.06. The highest BCUT2D eigenvalue weighted by Crippen LogP contribution is 2.39. The summed E-state index contributed by atoms with van der Waals surface area (Å²) in [5, 5.41) is 6.22. The number of nitrogens with zero attached hydrogens (tertiary/aromatic N) is 3. The molecule has 4 heterocycles. The standard InChI is InChI=1S/C25H26FN3O5/c26-19-3-1-2-17(12-19)20-14-21(18-4-5-22-23(13-18)32-16-31-22)29(27-20)24(30)15-28-8-6-25(7-9-28)33-10-11-34-25/h1-5,12-13,21H,6-11,14-16H2/t21-/m0/s1. The van der Waals surface area contributed by atoms with Gasteiger partial charge in [-0.25, -0.2) is 9.40 Å². The Labute approximate surface area is 196 Å². The molecule has 9 heteroatoms. The summed E-state index contributed by atoms with van der Waals surface area (Å²) in [6.45, 7) is 3.12. The van der Waals surface area contributed by atoms with Crippen molar-refractivity contribution < 1.29 is 28.1 Å². The van der Waals surface area contributed by atoms with E-state index >= 15 is 0 Å². The van der Waals surface area contributed by atoms with Crippen LogP contribution in [0.25, 0.3) is 0 Å². The van der Waals surface area contributed by atoms with Gasteiger partial charge in [-0.3, -0.25) is 9.69 Å². The average Bonchev–Trinajstić information content (AvgIpc) is 3.60. The predicted molar refractivity (Wildman–Crippen MR) is 120 cm³/mol. The first-order valence-electron chi connectivity index (χ1n) is 11.6. The Balaban J connectivity index is 1.23. The van der Waals surface area contributed by atoms with Crippen LogP contribution in [0.3, 0.4) is 0 Å². The highest BCUT2D eigenvalue weighted by atomic mass is 19.1. The van der Waals surface area contributed by atoms with E-state index in [-0.39, 0.29) is 31.1 Å². The van der Waals surface area contributed by atoms with Crippen molar-refractivity contribution >= 4 is 11.6 Å². The molecule has 2 saturated heterocycles. The van der Waals surface area contributed by atoms with Crippen molar-refractivity contribution in [2.45, 2.75) is 31.1 Å². The summed E-state index contributed by atoms with van der Waals surface area (Å²) in [6.07, 6.45) is 1.97. The molecule has 4 aliphatic rings. The SMILES string of the molecule is O=C(CN1CCC2(CC1)OCCO2)N1N=C(c2cccc(F)c2)C[C@H]1c1ccc2c(c1)OCO2. The van der Waals surface area contributed by atoms with Gasteiger partial charge in [0.1, 0.15) is 5.82 Å². The van der Waals surface area contributed by atoms with E-state index in [1.807, 2.05) is 24.3 Å². The number of hydrogen-bond donors (Lipinski definition) is 0. The molecule has 0 N–H and O–H groups in total. The van der Waals surface area contributed by atoms with Gasteiger partial charge in [-0.1, -0.05) is 18.2 Å². The van der Waals surface area contributed by atoms with Gasteiger partial charge >= 0.3 is 0 Å². The van der Waals surface area contributed by atoms with Gasteiger partial charge in [0.25, 0.3) is 5.91 Å². The normalized spacial score (nSPS) is 23.5. The lowest BCUT2D eigenvalue weighted by atomic mass is 9.98. The molecule has 0 bridgehead atoms. The molecule has 1 spiro atoms. The largest absolute Gasteiger partial charge is 0.454 e. The van der Waals surface area contributed by atoms with Crippen molar-refractivity contribution in [3.8, 4) is 11.5 Å². The molecule has 1 atom stereocenters. The number of halogens is 1. The average molecular weight is 467 g/mol. The molecule has 8 nitrogen and oxygen atoms in total. The summed E-state index contributed by atoms with van der Waals surface area (Å²) < 4.78 is 36.5. The summed E-state index contributed by atoms with van der Waals surface area (Å²) in [4.78, 5) is 15.6. The molecule has 2 fully saturated rings. The number of hydrogen-bond acceptors (Lipinski definition) is 7. The lowest BCUT2D eigenvalue weighted by Crippen LogP contribution is -2.48. The first kappa shape index (κ1) is 21.5. The Bertz CT molecular complexity index is 1120. The maximum absolute atomic E-state index is 13.9. The van der Waals surface area contributed by atoms with Crippen LogP contribution in [0, 0.1) is 5.82 Å². The minimum absolute atomic E-state index is 0.0988. The summed E-state index contributed by atoms with van der Waals surface area (Å²) in [7, 11) is 0. The second-order valence-electron chi connectivity index (χ2n) is 9.01. The number of amides is 1. The number of piperidine rings is 1. The van der Waals surface area contributed by atoms with Crippen molar-refractivity contribution in [1.82, 2.24) is 9.91 Å². The van der Waals surface area contributed by atoms with E-state index in [1.165, 1.54) is 12.1 Å². The zero-order chi connectivity index (χ0) is 23.1. The molecule has 34 heavy (non-hydrogen) atoms. The van der Waals surface area contributed by atoms with Gasteiger partial charge in [0.05, 0.1) is 31.5 Å². The zero-order valence-corrected chi connectivity index (χ0v) is 18.7. The van der Waals surface area contributed by atoms with E-state index in [9.17, 15) is 9.18 Å². The van der Waals surface area contributed by atoms with Crippen molar-refractivity contribution in [2.75, 3.05) is 39.6 Å². The fourth-order valence-corrected chi connectivity index (χ4v) is 5.06. The van der Waals surface area contributed by atoms with E-state index < -0.39 is 5.79 Å². The third-order valence-corrected chi connectivity index (χ3v) is 6.90. The number of benzene rings is 2. The lowest BCUT2D eigenvalue weighted by molar-refractivity contribution is -0.186. The van der Waals surface area contributed by atoms with Crippen LogP contribution in [0.5, 0.6) is 11.5 Å². The highest BCUT2D eigenvalue weighted by Gasteiger charge is 2.41. The fraction of sp³-hybridized carbons (Fsp3) is 0.440. The Morgan fingerprint density at radius 2 is 1.85 bits per heavy atom. The van der Waals surface area contributed by atoms with E-state index in [0.29, 0.717) is 42.4 Å². The molecule has 178 valence electrons. The van der Waals surface area contributed by atoms with Crippen LogP contribution in [0.15, 0.2) is 47.6 Å². The summed E-state index contributed by atoms with van der Waals surface area (Å²) >= 11 is 0. The van der Waals surface area contributed by atoms with Crippen LogP contribution in [0.2, 0.25) is 0 Å². The number of ether oxygens (including phenoxy) is 4. The van der Waals surface area contributed by atoms with Gasteiger partial charge in [0, 0.05) is 37.9 Å². The number of rotatable bonds is 4. The Kier molecular flexibility index (Phi) is 5.47. The lowest BCUT2D eigenvalue weighted by Gasteiger charge is -2.37. The minimum Gasteiger partial charge on any atom is -0.454 e.